The van der Waals surface area contributed by atoms with Gasteiger partial charge in [-0.1, -0.05) is 13.0 Å². The summed E-state index contributed by atoms with van der Waals surface area (Å²) < 4.78 is 26.8. The summed E-state index contributed by atoms with van der Waals surface area (Å²) in [6.45, 7) is 3.60. The van der Waals surface area contributed by atoms with Crippen LogP contribution in [0.15, 0.2) is 12.1 Å². The molecule has 3 heteroatoms. The van der Waals surface area contributed by atoms with Crippen LogP contribution in [0, 0.1) is 18.6 Å². The number of benzene rings is 1. The van der Waals surface area contributed by atoms with Crippen molar-refractivity contribution >= 4 is 0 Å². The summed E-state index contributed by atoms with van der Waals surface area (Å²) in [5.74, 6) is -0.903. The maximum absolute atomic E-state index is 13.5. The molecule has 0 saturated heterocycles. The topological polar surface area (TPSA) is 26.0 Å². The predicted molar refractivity (Wildman–Crippen MR) is 57.7 cm³/mol. The molecule has 0 bridgehead atoms. The highest BCUT2D eigenvalue weighted by atomic mass is 19.1. The molecule has 0 aliphatic carbocycles. The van der Waals surface area contributed by atoms with Crippen molar-refractivity contribution in [3.63, 3.8) is 0 Å². The van der Waals surface area contributed by atoms with Crippen molar-refractivity contribution in [1.82, 2.24) is 0 Å². The molecule has 0 fully saturated rings. The van der Waals surface area contributed by atoms with Gasteiger partial charge in [0.25, 0.3) is 0 Å². The van der Waals surface area contributed by atoms with Crippen molar-refractivity contribution in [1.29, 1.82) is 0 Å². The van der Waals surface area contributed by atoms with E-state index in [1.54, 1.807) is 6.92 Å². The van der Waals surface area contributed by atoms with Gasteiger partial charge >= 0.3 is 0 Å². The molecule has 0 amide bonds. The molecule has 2 N–H and O–H groups in total. The van der Waals surface area contributed by atoms with Crippen LogP contribution in [0.3, 0.4) is 0 Å². The zero-order chi connectivity index (χ0) is 11.4. The van der Waals surface area contributed by atoms with Gasteiger partial charge in [-0.2, -0.15) is 0 Å². The van der Waals surface area contributed by atoms with Crippen molar-refractivity contribution in [2.24, 2.45) is 5.73 Å². The minimum Gasteiger partial charge on any atom is -0.328 e. The number of hydrogen-bond donors (Lipinski definition) is 1. The Morgan fingerprint density at radius 3 is 2.60 bits per heavy atom. The third kappa shape index (κ3) is 2.99. The second-order valence-electron chi connectivity index (χ2n) is 3.86. The Kier molecular flexibility index (Phi) is 4.21. The molecule has 1 rings (SSSR count). The molecule has 1 aromatic carbocycles. The molecule has 0 aromatic heterocycles. The highest BCUT2D eigenvalue weighted by molar-refractivity contribution is 5.26. The van der Waals surface area contributed by atoms with Crippen molar-refractivity contribution in [3.05, 3.63) is 34.9 Å². The lowest BCUT2D eigenvalue weighted by Crippen LogP contribution is -2.19. The molecule has 0 aliphatic rings. The standard InChI is InChI=1S/C12H17F2N/c1-3-9(15)5-6-10-11(13)7-4-8(2)12(10)14/h4,7,9H,3,5-6,15H2,1-2H3. The fourth-order valence-corrected chi connectivity index (χ4v) is 1.48. The molecule has 84 valence electrons. The van der Waals surface area contributed by atoms with Gasteiger partial charge in [-0.05, 0) is 37.8 Å². The molecule has 15 heavy (non-hydrogen) atoms. The van der Waals surface area contributed by atoms with Gasteiger partial charge in [0.15, 0.2) is 0 Å². The summed E-state index contributed by atoms with van der Waals surface area (Å²) >= 11 is 0. The highest BCUT2D eigenvalue weighted by Crippen LogP contribution is 2.18. The molecule has 1 aromatic rings. The van der Waals surface area contributed by atoms with E-state index in [0.717, 1.165) is 6.42 Å². The largest absolute Gasteiger partial charge is 0.328 e. The van der Waals surface area contributed by atoms with Crippen LogP contribution >= 0.6 is 0 Å². The van der Waals surface area contributed by atoms with Gasteiger partial charge in [-0.3, -0.25) is 0 Å². The smallest absolute Gasteiger partial charge is 0.132 e. The Morgan fingerprint density at radius 1 is 1.33 bits per heavy atom. The van der Waals surface area contributed by atoms with E-state index in [-0.39, 0.29) is 11.6 Å². The lowest BCUT2D eigenvalue weighted by Gasteiger charge is -2.10. The Morgan fingerprint density at radius 2 is 2.00 bits per heavy atom. The van der Waals surface area contributed by atoms with Gasteiger partial charge in [-0.25, -0.2) is 8.78 Å². The summed E-state index contributed by atoms with van der Waals surface area (Å²) in [6.07, 6.45) is 1.82. The monoisotopic (exact) mass is 213 g/mol. The zero-order valence-corrected chi connectivity index (χ0v) is 9.19. The molecule has 0 radical (unpaired) electrons. The Balaban J connectivity index is 2.80. The van der Waals surface area contributed by atoms with Gasteiger partial charge in [0.2, 0.25) is 0 Å². The van der Waals surface area contributed by atoms with Crippen molar-refractivity contribution in [2.75, 3.05) is 0 Å². The van der Waals surface area contributed by atoms with Crippen LogP contribution in [-0.2, 0) is 6.42 Å². The first-order valence-corrected chi connectivity index (χ1v) is 5.25. The minimum atomic E-state index is -0.471. The van der Waals surface area contributed by atoms with E-state index in [9.17, 15) is 8.78 Å². The van der Waals surface area contributed by atoms with Crippen LogP contribution in [0.25, 0.3) is 0 Å². The second kappa shape index (κ2) is 5.21. The van der Waals surface area contributed by atoms with Gasteiger partial charge < -0.3 is 5.73 Å². The summed E-state index contributed by atoms with van der Waals surface area (Å²) in [5.41, 5.74) is 6.36. The SMILES string of the molecule is CCC(N)CCc1c(F)ccc(C)c1F. The number of hydrogen-bond acceptors (Lipinski definition) is 1. The highest BCUT2D eigenvalue weighted by Gasteiger charge is 2.12. The van der Waals surface area contributed by atoms with Crippen LogP contribution < -0.4 is 5.73 Å². The van der Waals surface area contributed by atoms with Gasteiger partial charge in [0, 0.05) is 11.6 Å². The third-order valence-electron chi connectivity index (χ3n) is 2.67. The van der Waals surface area contributed by atoms with Gasteiger partial charge in [0.1, 0.15) is 11.6 Å². The normalized spacial score (nSPS) is 12.9. The molecule has 0 spiro atoms. The van der Waals surface area contributed by atoms with Gasteiger partial charge in [-0.15, -0.1) is 0 Å². The fourth-order valence-electron chi connectivity index (χ4n) is 1.48. The van der Waals surface area contributed by atoms with Crippen LogP contribution in [0.1, 0.15) is 30.9 Å². The zero-order valence-electron chi connectivity index (χ0n) is 9.19. The second-order valence-corrected chi connectivity index (χ2v) is 3.86. The molecule has 0 saturated carbocycles. The van der Waals surface area contributed by atoms with E-state index in [2.05, 4.69) is 0 Å². The first-order chi connectivity index (χ1) is 7.06. The summed E-state index contributed by atoms with van der Waals surface area (Å²) in [4.78, 5) is 0. The molecular formula is C12H17F2N. The number of halogens is 2. The Hall–Kier alpha value is -0.960. The van der Waals surface area contributed by atoms with E-state index in [1.807, 2.05) is 6.92 Å². The Labute approximate surface area is 89.3 Å². The third-order valence-corrected chi connectivity index (χ3v) is 2.67. The van der Waals surface area contributed by atoms with Crippen molar-refractivity contribution in [2.45, 2.75) is 39.2 Å². The first-order valence-electron chi connectivity index (χ1n) is 5.25. The van der Waals surface area contributed by atoms with Crippen LogP contribution in [0.5, 0.6) is 0 Å². The van der Waals surface area contributed by atoms with E-state index < -0.39 is 11.6 Å². The van der Waals surface area contributed by atoms with Crippen molar-refractivity contribution < 1.29 is 8.78 Å². The average molecular weight is 213 g/mol. The predicted octanol–water partition coefficient (Wildman–Crippen LogP) is 2.94. The first kappa shape index (κ1) is 12.1. The van der Waals surface area contributed by atoms with E-state index >= 15 is 0 Å². The molecule has 1 nitrogen and oxygen atoms in total. The van der Waals surface area contributed by atoms with Crippen LogP contribution in [0.2, 0.25) is 0 Å². The van der Waals surface area contributed by atoms with E-state index in [0.29, 0.717) is 18.4 Å². The average Bonchev–Trinajstić information content (AvgIpc) is 2.23. The maximum atomic E-state index is 13.5. The molecule has 0 heterocycles. The molecule has 1 unspecified atom stereocenters. The summed E-state index contributed by atoms with van der Waals surface area (Å²) in [5, 5.41) is 0. The Bertz CT molecular complexity index is 337. The fraction of sp³-hybridized carbons (Fsp3) is 0.500. The molecule has 1 atom stereocenters. The molecular weight excluding hydrogens is 196 g/mol. The number of nitrogens with two attached hydrogens (primary N) is 1. The van der Waals surface area contributed by atoms with Crippen LogP contribution in [-0.4, -0.2) is 6.04 Å². The lowest BCUT2D eigenvalue weighted by atomic mass is 10.0. The van der Waals surface area contributed by atoms with E-state index in [4.69, 9.17) is 5.73 Å². The summed E-state index contributed by atoms with van der Waals surface area (Å²) in [7, 11) is 0. The number of rotatable bonds is 4. The van der Waals surface area contributed by atoms with Crippen LogP contribution in [0.4, 0.5) is 8.78 Å². The maximum Gasteiger partial charge on any atom is 0.132 e. The number of aryl methyl sites for hydroxylation is 1. The van der Waals surface area contributed by atoms with Crippen molar-refractivity contribution in [3.8, 4) is 0 Å². The summed E-state index contributed by atoms with van der Waals surface area (Å²) in [6, 6.07) is 2.78. The lowest BCUT2D eigenvalue weighted by molar-refractivity contribution is 0.524. The minimum absolute atomic E-state index is 0.0179. The van der Waals surface area contributed by atoms with E-state index in [1.165, 1.54) is 12.1 Å². The van der Waals surface area contributed by atoms with Gasteiger partial charge in [0.05, 0.1) is 0 Å². The quantitative estimate of drug-likeness (QED) is 0.817. The molecule has 0 aliphatic heterocycles.